The summed E-state index contributed by atoms with van der Waals surface area (Å²) in [5.74, 6) is -0.286. The van der Waals surface area contributed by atoms with Crippen LogP contribution in [0.15, 0.2) is 48.5 Å². The molecular weight excluding hydrogens is 420 g/mol. The van der Waals surface area contributed by atoms with Gasteiger partial charge in [0, 0.05) is 23.7 Å². The van der Waals surface area contributed by atoms with E-state index in [1.165, 1.54) is 29.2 Å². The zero-order chi connectivity index (χ0) is 21.0. The van der Waals surface area contributed by atoms with Crippen molar-refractivity contribution in [3.8, 4) is 5.75 Å². The molecule has 0 aromatic heterocycles. The minimum atomic E-state index is -3.19. The molecule has 0 radical (unpaired) electrons. The Kier molecular flexibility index (Phi) is 6.39. The van der Waals surface area contributed by atoms with Crippen LogP contribution >= 0.6 is 11.6 Å². The summed E-state index contributed by atoms with van der Waals surface area (Å²) in [6.45, 7) is -0.170. The van der Waals surface area contributed by atoms with Gasteiger partial charge in [0.1, 0.15) is 5.75 Å². The molecule has 10 heteroatoms. The van der Waals surface area contributed by atoms with Gasteiger partial charge in [0.15, 0.2) is 16.4 Å². The third kappa shape index (κ3) is 5.68. The highest BCUT2D eigenvalue weighted by Gasteiger charge is 2.34. The lowest BCUT2D eigenvalue weighted by Gasteiger charge is -2.28. The van der Waals surface area contributed by atoms with Gasteiger partial charge >= 0.3 is 0 Å². The summed E-state index contributed by atoms with van der Waals surface area (Å²) in [5, 5.41) is 11.4. The molecular formula is C19H19ClN2O6S. The summed E-state index contributed by atoms with van der Waals surface area (Å²) >= 11 is 6.02. The summed E-state index contributed by atoms with van der Waals surface area (Å²) in [6.07, 6.45) is 0.353. The standard InChI is InChI=1S/C19H19ClN2O6S/c20-15-4-1-3-14(9-15)11-21(17-7-8-29(26,27)13-17)19(23)12-28-18-6-2-5-16(10-18)22(24)25/h1-6,9-10,17H,7-8,11-13H2. The Bertz CT molecular complexity index is 1030. The number of carbonyl (C=O) groups is 1. The third-order valence-corrected chi connectivity index (χ3v) is 6.59. The van der Waals surface area contributed by atoms with Crippen LogP contribution in [0.1, 0.15) is 12.0 Å². The van der Waals surface area contributed by atoms with Crippen LogP contribution in [-0.4, -0.2) is 48.3 Å². The van der Waals surface area contributed by atoms with Gasteiger partial charge < -0.3 is 9.64 Å². The molecule has 2 aromatic carbocycles. The fourth-order valence-corrected chi connectivity index (χ4v) is 5.13. The minimum absolute atomic E-state index is 0.0305. The SMILES string of the molecule is O=C(COc1cccc([N+](=O)[O-])c1)N(Cc1cccc(Cl)c1)C1CCS(=O)(=O)C1. The second kappa shape index (κ2) is 8.79. The molecule has 0 aliphatic carbocycles. The second-order valence-electron chi connectivity index (χ2n) is 6.75. The molecule has 1 saturated heterocycles. The average Bonchev–Trinajstić information content (AvgIpc) is 3.04. The summed E-state index contributed by atoms with van der Waals surface area (Å²) < 4.78 is 29.2. The van der Waals surface area contributed by atoms with Gasteiger partial charge in [0.25, 0.3) is 11.6 Å². The number of carbonyl (C=O) groups excluding carboxylic acids is 1. The topological polar surface area (TPSA) is 107 Å². The van der Waals surface area contributed by atoms with Crippen LogP contribution < -0.4 is 4.74 Å². The second-order valence-corrected chi connectivity index (χ2v) is 9.42. The molecule has 1 unspecified atom stereocenters. The summed E-state index contributed by atoms with van der Waals surface area (Å²) in [7, 11) is -3.19. The first-order valence-electron chi connectivity index (χ1n) is 8.85. The average molecular weight is 439 g/mol. The fraction of sp³-hybridized carbons (Fsp3) is 0.316. The first-order chi connectivity index (χ1) is 13.7. The van der Waals surface area contributed by atoms with Crippen LogP contribution in [0.25, 0.3) is 0 Å². The van der Waals surface area contributed by atoms with Crippen LogP contribution in [0.2, 0.25) is 5.02 Å². The van der Waals surface area contributed by atoms with E-state index in [0.717, 1.165) is 5.56 Å². The van der Waals surface area contributed by atoms with Crippen LogP contribution in [0.4, 0.5) is 5.69 Å². The number of ether oxygens (including phenoxy) is 1. The normalized spacial score (nSPS) is 17.6. The summed E-state index contributed by atoms with van der Waals surface area (Å²) in [5.41, 5.74) is 0.623. The van der Waals surface area contributed by atoms with E-state index < -0.39 is 26.7 Å². The van der Waals surface area contributed by atoms with Crippen molar-refractivity contribution in [1.29, 1.82) is 0 Å². The van der Waals surface area contributed by atoms with Crippen LogP contribution in [0.5, 0.6) is 5.75 Å². The van der Waals surface area contributed by atoms with Crippen molar-refractivity contribution < 1.29 is 22.9 Å². The zero-order valence-corrected chi connectivity index (χ0v) is 16.9. The van der Waals surface area contributed by atoms with Crippen molar-refractivity contribution in [3.05, 3.63) is 69.2 Å². The third-order valence-electron chi connectivity index (χ3n) is 4.60. The fourth-order valence-electron chi connectivity index (χ4n) is 3.19. The maximum absolute atomic E-state index is 12.9. The van der Waals surface area contributed by atoms with E-state index in [0.29, 0.717) is 11.4 Å². The molecule has 3 rings (SSSR count). The molecule has 1 aliphatic heterocycles. The van der Waals surface area contributed by atoms with Crippen molar-refractivity contribution >= 4 is 33.0 Å². The van der Waals surface area contributed by atoms with Gasteiger partial charge in [-0.2, -0.15) is 0 Å². The maximum Gasteiger partial charge on any atom is 0.273 e. The number of non-ortho nitro benzene ring substituents is 1. The highest BCUT2D eigenvalue weighted by atomic mass is 35.5. The summed E-state index contributed by atoms with van der Waals surface area (Å²) in [6, 6.07) is 12.1. The molecule has 1 atom stereocenters. The Morgan fingerprint density at radius 1 is 1.24 bits per heavy atom. The van der Waals surface area contributed by atoms with E-state index in [-0.39, 0.29) is 36.1 Å². The molecule has 1 amide bonds. The van der Waals surface area contributed by atoms with Crippen molar-refractivity contribution in [1.82, 2.24) is 4.90 Å². The number of nitro benzene ring substituents is 1. The number of nitrogens with zero attached hydrogens (tertiary/aromatic N) is 2. The van der Waals surface area contributed by atoms with Gasteiger partial charge in [0.2, 0.25) is 0 Å². The molecule has 0 N–H and O–H groups in total. The maximum atomic E-state index is 12.9. The first kappa shape index (κ1) is 21.1. The number of hydrogen-bond donors (Lipinski definition) is 0. The van der Waals surface area contributed by atoms with Gasteiger partial charge in [-0.3, -0.25) is 14.9 Å². The van der Waals surface area contributed by atoms with E-state index in [4.69, 9.17) is 16.3 Å². The number of benzene rings is 2. The minimum Gasteiger partial charge on any atom is -0.484 e. The summed E-state index contributed by atoms with van der Waals surface area (Å²) in [4.78, 5) is 24.7. The van der Waals surface area contributed by atoms with E-state index in [1.54, 1.807) is 24.3 Å². The molecule has 29 heavy (non-hydrogen) atoms. The number of nitro groups is 1. The van der Waals surface area contributed by atoms with E-state index in [9.17, 15) is 23.3 Å². The zero-order valence-electron chi connectivity index (χ0n) is 15.4. The number of sulfone groups is 1. The van der Waals surface area contributed by atoms with Crippen LogP contribution in [0, 0.1) is 10.1 Å². The monoisotopic (exact) mass is 438 g/mol. The van der Waals surface area contributed by atoms with Crippen LogP contribution in [0.3, 0.4) is 0 Å². The highest BCUT2D eigenvalue weighted by molar-refractivity contribution is 7.91. The molecule has 8 nitrogen and oxygen atoms in total. The van der Waals surface area contributed by atoms with Gasteiger partial charge in [0.05, 0.1) is 22.5 Å². The van der Waals surface area contributed by atoms with Crippen molar-refractivity contribution in [2.45, 2.75) is 19.0 Å². The Labute approximate surface area is 173 Å². The largest absolute Gasteiger partial charge is 0.484 e. The molecule has 0 saturated carbocycles. The lowest BCUT2D eigenvalue weighted by molar-refractivity contribution is -0.384. The van der Waals surface area contributed by atoms with Gasteiger partial charge in [-0.05, 0) is 30.2 Å². The smallest absolute Gasteiger partial charge is 0.273 e. The first-order valence-corrected chi connectivity index (χ1v) is 11.0. The predicted molar refractivity (Wildman–Crippen MR) is 108 cm³/mol. The van der Waals surface area contributed by atoms with E-state index in [1.807, 2.05) is 0 Å². The quantitative estimate of drug-likeness (QED) is 0.486. The number of hydrogen-bond acceptors (Lipinski definition) is 6. The van der Waals surface area contributed by atoms with Crippen molar-refractivity contribution in [2.24, 2.45) is 0 Å². The van der Waals surface area contributed by atoms with E-state index in [2.05, 4.69) is 0 Å². The van der Waals surface area contributed by atoms with Gasteiger partial charge in [-0.25, -0.2) is 8.42 Å². The van der Waals surface area contributed by atoms with Crippen molar-refractivity contribution in [2.75, 3.05) is 18.1 Å². The lowest BCUT2D eigenvalue weighted by atomic mass is 10.1. The predicted octanol–water partition coefficient (Wildman–Crippen LogP) is 2.84. The molecule has 154 valence electrons. The Balaban J connectivity index is 1.75. The number of amides is 1. The van der Waals surface area contributed by atoms with Gasteiger partial charge in [-0.1, -0.05) is 29.8 Å². The molecule has 0 spiro atoms. The highest BCUT2D eigenvalue weighted by Crippen LogP contribution is 2.23. The lowest BCUT2D eigenvalue weighted by Crippen LogP contribution is -2.43. The van der Waals surface area contributed by atoms with E-state index >= 15 is 0 Å². The van der Waals surface area contributed by atoms with Crippen molar-refractivity contribution in [3.63, 3.8) is 0 Å². The molecule has 1 aliphatic rings. The van der Waals surface area contributed by atoms with Crippen LogP contribution in [-0.2, 0) is 21.2 Å². The molecule has 1 heterocycles. The Morgan fingerprint density at radius 3 is 2.66 bits per heavy atom. The molecule has 1 fully saturated rings. The Hall–Kier alpha value is -2.65. The molecule has 2 aromatic rings. The number of rotatable bonds is 7. The molecule has 0 bridgehead atoms. The van der Waals surface area contributed by atoms with Gasteiger partial charge in [-0.15, -0.1) is 0 Å². The number of halogens is 1. The Morgan fingerprint density at radius 2 is 2.00 bits per heavy atom.